The van der Waals surface area contributed by atoms with Crippen LogP contribution in [0.3, 0.4) is 0 Å². The number of thiophene rings is 1. The fourth-order valence-electron chi connectivity index (χ4n) is 3.18. The van der Waals surface area contributed by atoms with Crippen molar-refractivity contribution >= 4 is 27.4 Å². The first-order valence-corrected chi connectivity index (χ1v) is 10.2. The van der Waals surface area contributed by atoms with Gasteiger partial charge in [0.05, 0.1) is 24.7 Å². The topological polar surface area (TPSA) is 58.9 Å². The first-order chi connectivity index (χ1) is 13.6. The molecule has 0 amide bonds. The van der Waals surface area contributed by atoms with Crippen molar-refractivity contribution in [3.8, 4) is 11.1 Å². The predicted octanol–water partition coefficient (Wildman–Crippen LogP) is 4.04. The zero-order chi connectivity index (χ0) is 19.5. The Morgan fingerprint density at radius 3 is 2.68 bits per heavy atom. The normalized spacial score (nSPS) is 11.4. The molecular formula is C21H24N6S. The molecule has 4 rings (SSSR count). The van der Waals surface area contributed by atoms with Crippen molar-refractivity contribution in [2.45, 2.75) is 20.0 Å². The van der Waals surface area contributed by atoms with Gasteiger partial charge in [0.25, 0.3) is 0 Å². The highest BCUT2D eigenvalue weighted by Crippen LogP contribution is 2.36. The van der Waals surface area contributed by atoms with E-state index in [1.807, 2.05) is 31.0 Å². The smallest absolute Gasteiger partial charge is 0.146 e. The molecule has 0 spiro atoms. The molecule has 0 atom stereocenters. The number of aryl methyl sites for hydroxylation is 1. The molecular weight excluding hydrogens is 368 g/mol. The van der Waals surface area contributed by atoms with Crippen LogP contribution in [-0.4, -0.2) is 45.3 Å². The molecule has 0 fully saturated rings. The van der Waals surface area contributed by atoms with E-state index in [4.69, 9.17) is 9.97 Å². The van der Waals surface area contributed by atoms with Gasteiger partial charge in [0.2, 0.25) is 0 Å². The summed E-state index contributed by atoms with van der Waals surface area (Å²) in [5.74, 6) is 1.72. The van der Waals surface area contributed by atoms with E-state index in [0.29, 0.717) is 6.54 Å². The second kappa shape index (κ2) is 8.08. The van der Waals surface area contributed by atoms with Crippen LogP contribution in [0.2, 0.25) is 0 Å². The minimum atomic E-state index is 0.710. The Morgan fingerprint density at radius 1 is 1.14 bits per heavy atom. The average Bonchev–Trinajstić information content (AvgIpc) is 3.28. The molecule has 1 aromatic carbocycles. The molecule has 1 N–H and O–H groups in total. The van der Waals surface area contributed by atoms with Crippen LogP contribution in [0.15, 0.2) is 48.1 Å². The van der Waals surface area contributed by atoms with E-state index in [-0.39, 0.29) is 0 Å². The zero-order valence-corrected chi connectivity index (χ0v) is 17.2. The van der Waals surface area contributed by atoms with Gasteiger partial charge in [0.1, 0.15) is 16.5 Å². The second-order valence-corrected chi connectivity index (χ2v) is 7.99. The number of rotatable bonds is 7. The average molecular weight is 393 g/mol. The number of hydrogen-bond donors (Lipinski definition) is 1. The molecule has 0 aliphatic carbocycles. The molecule has 0 radical (unpaired) electrons. The predicted molar refractivity (Wildman–Crippen MR) is 116 cm³/mol. The summed E-state index contributed by atoms with van der Waals surface area (Å²) in [5.41, 5.74) is 3.53. The van der Waals surface area contributed by atoms with Crippen molar-refractivity contribution in [3.63, 3.8) is 0 Å². The van der Waals surface area contributed by atoms with Gasteiger partial charge in [-0.3, -0.25) is 4.68 Å². The number of benzene rings is 1. The van der Waals surface area contributed by atoms with Crippen molar-refractivity contribution < 1.29 is 0 Å². The van der Waals surface area contributed by atoms with E-state index in [1.54, 1.807) is 11.3 Å². The summed E-state index contributed by atoms with van der Waals surface area (Å²) >= 11 is 1.67. The number of hydrogen-bond acceptors (Lipinski definition) is 6. The van der Waals surface area contributed by atoms with Gasteiger partial charge in [0.15, 0.2) is 0 Å². The number of fused-ring (bicyclic) bond motifs is 1. The standard InChI is InChI=1S/C21H24N6S/c1-15-11-23-27(12-15)10-9-22-20-19-17(16-7-5-4-6-8-16)14-28-21(19)25-18(24-20)13-26(2)3/h4-8,11-12,14H,9-10,13H2,1-3H3,(H,22,24,25). The zero-order valence-electron chi connectivity index (χ0n) is 16.4. The summed E-state index contributed by atoms with van der Waals surface area (Å²) in [4.78, 5) is 12.8. The third-order valence-electron chi connectivity index (χ3n) is 4.42. The molecule has 0 bridgehead atoms. The van der Waals surface area contributed by atoms with Crippen LogP contribution < -0.4 is 5.32 Å². The van der Waals surface area contributed by atoms with E-state index in [1.165, 1.54) is 16.7 Å². The lowest BCUT2D eigenvalue weighted by Crippen LogP contribution is -2.16. The lowest BCUT2D eigenvalue weighted by Gasteiger charge is -2.13. The molecule has 7 heteroatoms. The van der Waals surface area contributed by atoms with E-state index >= 15 is 0 Å². The van der Waals surface area contributed by atoms with Crippen molar-refractivity contribution in [3.05, 3.63) is 59.5 Å². The Hall–Kier alpha value is -2.77. The summed E-state index contributed by atoms with van der Waals surface area (Å²) in [5, 5.41) is 11.2. The molecule has 0 aliphatic heterocycles. The molecule has 0 aliphatic rings. The van der Waals surface area contributed by atoms with Crippen LogP contribution in [0, 0.1) is 6.92 Å². The first kappa shape index (κ1) is 18.6. The van der Waals surface area contributed by atoms with Crippen LogP contribution in [0.1, 0.15) is 11.4 Å². The summed E-state index contributed by atoms with van der Waals surface area (Å²) < 4.78 is 1.95. The van der Waals surface area contributed by atoms with Gasteiger partial charge in [-0.25, -0.2) is 9.97 Å². The molecule has 144 valence electrons. The Bertz CT molecular complexity index is 1070. The third-order valence-corrected chi connectivity index (χ3v) is 5.29. The van der Waals surface area contributed by atoms with Gasteiger partial charge in [0, 0.05) is 23.7 Å². The van der Waals surface area contributed by atoms with Crippen molar-refractivity contribution in [1.82, 2.24) is 24.6 Å². The van der Waals surface area contributed by atoms with Crippen LogP contribution in [0.5, 0.6) is 0 Å². The molecule has 3 heterocycles. The maximum absolute atomic E-state index is 4.85. The molecule has 0 unspecified atom stereocenters. The minimum Gasteiger partial charge on any atom is -0.368 e. The maximum Gasteiger partial charge on any atom is 0.146 e. The van der Waals surface area contributed by atoms with E-state index in [2.05, 4.69) is 58.1 Å². The Morgan fingerprint density at radius 2 is 1.96 bits per heavy atom. The Balaban J connectivity index is 1.68. The first-order valence-electron chi connectivity index (χ1n) is 9.31. The third kappa shape index (κ3) is 4.05. The maximum atomic E-state index is 4.85. The molecule has 0 saturated carbocycles. The molecule has 4 aromatic rings. The van der Waals surface area contributed by atoms with E-state index < -0.39 is 0 Å². The van der Waals surface area contributed by atoms with Crippen molar-refractivity contribution in [2.75, 3.05) is 26.0 Å². The lowest BCUT2D eigenvalue weighted by atomic mass is 10.1. The number of anilines is 1. The monoisotopic (exact) mass is 392 g/mol. The van der Waals surface area contributed by atoms with Crippen molar-refractivity contribution in [2.24, 2.45) is 0 Å². The van der Waals surface area contributed by atoms with Crippen LogP contribution in [0.4, 0.5) is 5.82 Å². The van der Waals surface area contributed by atoms with E-state index in [9.17, 15) is 0 Å². The summed E-state index contributed by atoms with van der Waals surface area (Å²) in [6.07, 6.45) is 3.93. The van der Waals surface area contributed by atoms with Gasteiger partial charge in [-0.2, -0.15) is 5.10 Å². The van der Waals surface area contributed by atoms with Gasteiger partial charge < -0.3 is 10.2 Å². The van der Waals surface area contributed by atoms with Crippen LogP contribution in [-0.2, 0) is 13.1 Å². The quantitative estimate of drug-likeness (QED) is 0.514. The fourth-order valence-corrected chi connectivity index (χ4v) is 4.14. The highest BCUT2D eigenvalue weighted by molar-refractivity contribution is 7.17. The lowest BCUT2D eigenvalue weighted by molar-refractivity contribution is 0.391. The summed E-state index contributed by atoms with van der Waals surface area (Å²) in [7, 11) is 4.06. The Labute approximate surface area is 168 Å². The number of aromatic nitrogens is 4. The van der Waals surface area contributed by atoms with Gasteiger partial charge >= 0.3 is 0 Å². The highest BCUT2D eigenvalue weighted by Gasteiger charge is 2.15. The minimum absolute atomic E-state index is 0.710. The van der Waals surface area contributed by atoms with Crippen LogP contribution in [0.25, 0.3) is 21.3 Å². The fraction of sp³-hybridized carbons (Fsp3) is 0.286. The molecule has 28 heavy (non-hydrogen) atoms. The van der Waals surface area contributed by atoms with Gasteiger partial charge in [-0.1, -0.05) is 30.3 Å². The number of nitrogens with one attached hydrogen (secondary N) is 1. The van der Waals surface area contributed by atoms with Crippen molar-refractivity contribution in [1.29, 1.82) is 0 Å². The molecule has 0 saturated heterocycles. The van der Waals surface area contributed by atoms with Crippen LogP contribution >= 0.6 is 11.3 Å². The molecule has 3 aromatic heterocycles. The van der Waals surface area contributed by atoms with Gasteiger partial charge in [-0.15, -0.1) is 11.3 Å². The van der Waals surface area contributed by atoms with Gasteiger partial charge in [-0.05, 0) is 32.1 Å². The largest absolute Gasteiger partial charge is 0.368 e. The number of nitrogens with zero attached hydrogens (tertiary/aromatic N) is 5. The second-order valence-electron chi connectivity index (χ2n) is 7.13. The molecule has 6 nitrogen and oxygen atoms in total. The summed E-state index contributed by atoms with van der Waals surface area (Å²) in [6, 6.07) is 10.4. The van der Waals surface area contributed by atoms with E-state index in [0.717, 1.165) is 34.9 Å². The summed E-state index contributed by atoms with van der Waals surface area (Å²) in [6.45, 7) is 4.29. The highest BCUT2D eigenvalue weighted by atomic mass is 32.1. The Kier molecular flexibility index (Phi) is 5.36. The SMILES string of the molecule is Cc1cnn(CCNc2nc(CN(C)C)nc3scc(-c4ccccc4)c23)c1.